The van der Waals surface area contributed by atoms with Crippen molar-refractivity contribution in [3.05, 3.63) is 0 Å². The Kier molecular flexibility index (Phi) is 2.77. The quantitative estimate of drug-likeness (QED) is 0.657. The van der Waals surface area contributed by atoms with Crippen LogP contribution in [0.1, 0.15) is 19.3 Å². The lowest BCUT2D eigenvalue weighted by molar-refractivity contribution is -0.143. The third kappa shape index (κ3) is 1.81. The molecule has 0 aromatic rings. The van der Waals surface area contributed by atoms with Gasteiger partial charge in [-0.1, -0.05) is 0 Å². The lowest BCUT2D eigenvalue weighted by Crippen LogP contribution is -2.51. The van der Waals surface area contributed by atoms with Crippen molar-refractivity contribution in [1.82, 2.24) is 4.90 Å². The zero-order chi connectivity index (χ0) is 11.8. The topological polar surface area (TPSA) is 62.6 Å². The average molecular weight is 236 g/mol. The highest BCUT2D eigenvalue weighted by molar-refractivity contribution is 5.80. The highest BCUT2D eigenvalue weighted by atomic mass is 16.5. The molecule has 0 aromatic carbocycles. The number of hydrogen-bond donors (Lipinski definition) is 0. The Hall–Kier alpha value is -1.12. The molecule has 3 heterocycles. The maximum Gasteiger partial charge on any atom is 0.229 e. The molecule has 5 heteroatoms. The third-order valence-corrected chi connectivity index (χ3v) is 3.98. The summed E-state index contributed by atoms with van der Waals surface area (Å²) in [6.45, 7) is 1.40. The monoisotopic (exact) mass is 236 g/mol. The van der Waals surface area contributed by atoms with Crippen molar-refractivity contribution in [2.45, 2.75) is 37.5 Å². The standard InChI is InChI=1S/C12H16N2O3/c13-6-8-7-16-4-3-14(8)12(15)10-5-9-1-2-11(10)17-9/h8-11H,1-5,7H2. The smallest absolute Gasteiger partial charge is 0.229 e. The van der Waals surface area contributed by atoms with Crippen molar-refractivity contribution >= 4 is 5.91 Å². The molecule has 0 aromatic heterocycles. The Balaban J connectivity index is 1.71. The normalized spacial score (nSPS) is 40.3. The molecule has 0 saturated carbocycles. The number of ether oxygens (including phenoxy) is 2. The van der Waals surface area contributed by atoms with Crippen LogP contribution in [0.4, 0.5) is 0 Å². The number of carbonyl (C=O) groups excluding carboxylic acids is 1. The summed E-state index contributed by atoms with van der Waals surface area (Å²) in [4.78, 5) is 14.1. The molecule has 2 bridgehead atoms. The van der Waals surface area contributed by atoms with E-state index >= 15 is 0 Å². The van der Waals surface area contributed by atoms with Gasteiger partial charge in [-0.05, 0) is 19.3 Å². The molecule has 3 aliphatic rings. The summed E-state index contributed by atoms with van der Waals surface area (Å²) in [5, 5.41) is 9.03. The van der Waals surface area contributed by atoms with Crippen molar-refractivity contribution in [3.63, 3.8) is 0 Å². The van der Waals surface area contributed by atoms with E-state index in [1.165, 1.54) is 0 Å². The number of amides is 1. The van der Waals surface area contributed by atoms with E-state index in [9.17, 15) is 4.79 Å². The van der Waals surface area contributed by atoms with Gasteiger partial charge in [0, 0.05) is 6.54 Å². The van der Waals surface area contributed by atoms with E-state index in [1.807, 2.05) is 0 Å². The van der Waals surface area contributed by atoms with E-state index in [-0.39, 0.29) is 24.0 Å². The van der Waals surface area contributed by atoms with Gasteiger partial charge in [-0.15, -0.1) is 0 Å². The van der Waals surface area contributed by atoms with Gasteiger partial charge in [0.1, 0.15) is 6.04 Å². The molecule has 0 radical (unpaired) electrons. The first kappa shape index (κ1) is 11.0. The minimum absolute atomic E-state index is 0.0253. The number of nitrogens with zero attached hydrogens (tertiary/aromatic N) is 2. The molecule has 3 saturated heterocycles. The molecule has 3 fully saturated rings. The molecule has 17 heavy (non-hydrogen) atoms. The van der Waals surface area contributed by atoms with Gasteiger partial charge >= 0.3 is 0 Å². The van der Waals surface area contributed by atoms with Crippen molar-refractivity contribution in [1.29, 1.82) is 5.26 Å². The van der Waals surface area contributed by atoms with Crippen LogP contribution in [0.3, 0.4) is 0 Å². The maximum absolute atomic E-state index is 12.4. The summed E-state index contributed by atoms with van der Waals surface area (Å²) >= 11 is 0. The molecule has 0 aliphatic carbocycles. The zero-order valence-corrected chi connectivity index (χ0v) is 9.67. The number of fused-ring (bicyclic) bond motifs is 2. The number of carbonyl (C=O) groups is 1. The van der Waals surface area contributed by atoms with Crippen LogP contribution in [0, 0.1) is 17.2 Å². The Bertz CT molecular complexity index is 365. The van der Waals surface area contributed by atoms with Gasteiger partial charge in [-0.25, -0.2) is 0 Å². The number of morpholine rings is 1. The minimum atomic E-state index is -0.421. The molecular weight excluding hydrogens is 220 g/mol. The second kappa shape index (κ2) is 4.28. The number of hydrogen-bond acceptors (Lipinski definition) is 4. The van der Waals surface area contributed by atoms with E-state index in [0.717, 1.165) is 19.3 Å². The van der Waals surface area contributed by atoms with Crippen molar-refractivity contribution in [2.75, 3.05) is 19.8 Å². The molecule has 0 spiro atoms. The highest BCUT2D eigenvalue weighted by Crippen LogP contribution is 2.39. The van der Waals surface area contributed by atoms with Crippen molar-refractivity contribution < 1.29 is 14.3 Å². The number of nitriles is 1. The zero-order valence-electron chi connectivity index (χ0n) is 9.67. The van der Waals surface area contributed by atoms with Crippen LogP contribution in [-0.4, -0.2) is 48.8 Å². The van der Waals surface area contributed by atoms with Crippen LogP contribution in [0.5, 0.6) is 0 Å². The second-order valence-electron chi connectivity index (χ2n) is 4.97. The molecule has 3 aliphatic heterocycles. The maximum atomic E-state index is 12.4. The minimum Gasteiger partial charge on any atom is -0.376 e. The first-order valence-electron chi connectivity index (χ1n) is 6.23. The largest absolute Gasteiger partial charge is 0.376 e. The summed E-state index contributed by atoms with van der Waals surface area (Å²) < 4.78 is 10.9. The average Bonchev–Trinajstić information content (AvgIpc) is 3.00. The van der Waals surface area contributed by atoms with Gasteiger partial charge in [0.2, 0.25) is 5.91 Å². The molecule has 0 N–H and O–H groups in total. The Morgan fingerprint density at radius 1 is 1.41 bits per heavy atom. The van der Waals surface area contributed by atoms with Crippen molar-refractivity contribution in [2.24, 2.45) is 5.92 Å². The Labute approximate surface area is 100 Å². The van der Waals surface area contributed by atoms with E-state index in [4.69, 9.17) is 14.7 Å². The van der Waals surface area contributed by atoms with Gasteiger partial charge in [0.15, 0.2) is 0 Å². The molecule has 5 nitrogen and oxygen atoms in total. The predicted molar refractivity (Wildman–Crippen MR) is 57.9 cm³/mol. The van der Waals surface area contributed by atoms with Gasteiger partial charge < -0.3 is 14.4 Å². The third-order valence-electron chi connectivity index (χ3n) is 3.98. The predicted octanol–water partition coefficient (Wildman–Crippen LogP) is 0.305. The first-order chi connectivity index (χ1) is 8.29. The number of rotatable bonds is 1. The fraction of sp³-hybridized carbons (Fsp3) is 0.833. The van der Waals surface area contributed by atoms with Gasteiger partial charge in [0.25, 0.3) is 0 Å². The summed E-state index contributed by atoms with van der Waals surface area (Å²) in [6, 6.07) is 1.72. The SMILES string of the molecule is N#CC1COCCN1C(=O)C1CC2CCC1O2. The Morgan fingerprint density at radius 3 is 2.94 bits per heavy atom. The molecule has 1 amide bonds. The molecule has 4 atom stereocenters. The second-order valence-corrected chi connectivity index (χ2v) is 4.97. The van der Waals surface area contributed by atoms with Crippen LogP contribution in [0.15, 0.2) is 0 Å². The molecule has 4 unspecified atom stereocenters. The van der Waals surface area contributed by atoms with E-state index in [0.29, 0.717) is 19.8 Å². The first-order valence-corrected chi connectivity index (χ1v) is 6.23. The summed E-state index contributed by atoms with van der Waals surface area (Å²) in [5.41, 5.74) is 0. The van der Waals surface area contributed by atoms with Gasteiger partial charge in [0.05, 0.1) is 37.4 Å². The van der Waals surface area contributed by atoms with Crippen LogP contribution in [0.2, 0.25) is 0 Å². The van der Waals surface area contributed by atoms with Gasteiger partial charge in [-0.3, -0.25) is 4.79 Å². The molecular formula is C12H16N2O3. The lowest BCUT2D eigenvalue weighted by Gasteiger charge is -2.34. The van der Waals surface area contributed by atoms with Gasteiger partial charge in [-0.2, -0.15) is 5.26 Å². The van der Waals surface area contributed by atoms with E-state index in [1.54, 1.807) is 4.90 Å². The van der Waals surface area contributed by atoms with E-state index < -0.39 is 6.04 Å². The molecule has 92 valence electrons. The highest BCUT2D eigenvalue weighted by Gasteiger charge is 2.46. The summed E-state index contributed by atoms with van der Waals surface area (Å²) in [5.74, 6) is 0.0646. The molecule has 3 rings (SSSR count). The lowest BCUT2D eigenvalue weighted by atomic mass is 9.88. The Morgan fingerprint density at radius 2 is 2.29 bits per heavy atom. The fourth-order valence-corrected chi connectivity index (χ4v) is 3.09. The van der Waals surface area contributed by atoms with Crippen LogP contribution in [-0.2, 0) is 14.3 Å². The van der Waals surface area contributed by atoms with Crippen LogP contribution >= 0.6 is 0 Å². The summed E-state index contributed by atoms with van der Waals surface area (Å²) in [6.07, 6.45) is 3.27. The van der Waals surface area contributed by atoms with Crippen LogP contribution in [0.25, 0.3) is 0 Å². The fourth-order valence-electron chi connectivity index (χ4n) is 3.09. The van der Waals surface area contributed by atoms with E-state index in [2.05, 4.69) is 6.07 Å². The van der Waals surface area contributed by atoms with Crippen LogP contribution < -0.4 is 0 Å². The van der Waals surface area contributed by atoms with Crippen molar-refractivity contribution in [3.8, 4) is 6.07 Å². The summed E-state index contributed by atoms with van der Waals surface area (Å²) in [7, 11) is 0.